The average Bonchev–Trinajstić information content (AvgIpc) is 2.39. The molecule has 18 heavy (non-hydrogen) atoms. The molecule has 2 rings (SSSR count). The first-order valence-electron chi connectivity index (χ1n) is 6.33. The highest BCUT2D eigenvalue weighted by Gasteiger charge is 2.19. The van der Waals surface area contributed by atoms with Crippen molar-refractivity contribution in [3.8, 4) is 0 Å². The number of nitrogens with one attached hydrogen (secondary N) is 1. The number of hydrogen-bond donors (Lipinski definition) is 2. The first-order chi connectivity index (χ1) is 8.72. The van der Waals surface area contributed by atoms with Crippen LogP contribution in [-0.2, 0) is 0 Å². The lowest BCUT2D eigenvalue weighted by atomic mass is 10.1. The zero-order valence-electron chi connectivity index (χ0n) is 10.9. The van der Waals surface area contributed by atoms with Crippen molar-refractivity contribution in [1.29, 1.82) is 0 Å². The molecule has 2 N–H and O–H groups in total. The van der Waals surface area contributed by atoms with Crippen LogP contribution in [0.5, 0.6) is 0 Å². The van der Waals surface area contributed by atoms with Crippen molar-refractivity contribution in [3.05, 3.63) is 6.07 Å². The van der Waals surface area contributed by atoms with Gasteiger partial charge in [0, 0.05) is 25.7 Å². The summed E-state index contributed by atoms with van der Waals surface area (Å²) in [5.74, 6) is 1.76. The highest BCUT2D eigenvalue weighted by Crippen LogP contribution is 2.23. The quantitative estimate of drug-likeness (QED) is 0.639. The Morgan fingerprint density at radius 2 is 2.39 bits per heavy atom. The van der Waals surface area contributed by atoms with E-state index in [9.17, 15) is 5.11 Å². The number of thioether (sulfide) groups is 1. The Kier molecular flexibility index (Phi) is 4.66. The first kappa shape index (κ1) is 13.4. The normalized spacial score (nSPS) is 19.9. The number of rotatable bonds is 4. The van der Waals surface area contributed by atoms with E-state index in [4.69, 9.17) is 0 Å². The fourth-order valence-corrected chi connectivity index (χ4v) is 2.48. The second kappa shape index (κ2) is 6.24. The molecule has 0 aliphatic carbocycles. The number of hydrogen-bond acceptors (Lipinski definition) is 6. The third-order valence-electron chi connectivity index (χ3n) is 2.95. The molecule has 0 amide bonds. The zero-order chi connectivity index (χ0) is 13.0. The van der Waals surface area contributed by atoms with Crippen LogP contribution >= 0.6 is 11.8 Å². The van der Waals surface area contributed by atoms with E-state index in [1.165, 1.54) is 11.8 Å². The number of anilines is 2. The van der Waals surface area contributed by atoms with Gasteiger partial charge in [0.15, 0.2) is 5.16 Å². The van der Waals surface area contributed by atoms with Crippen LogP contribution in [0, 0.1) is 0 Å². The number of aliphatic hydroxyl groups is 1. The molecule has 6 heteroatoms. The first-order valence-corrected chi connectivity index (χ1v) is 7.55. The summed E-state index contributed by atoms with van der Waals surface area (Å²) in [5, 5.41) is 13.7. The second-order valence-electron chi connectivity index (χ2n) is 4.37. The van der Waals surface area contributed by atoms with Crippen molar-refractivity contribution < 1.29 is 5.11 Å². The number of piperidine rings is 1. The predicted octanol–water partition coefficient (Wildman–Crippen LogP) is 1.59. The van der Waals surface area contributed by atoms with Crippen LogP contribution in [0.1, 0.15) is 19.8 Å². The minimum atomic E-state index is -0.242. The van der Waals surface area contributed by atoms with E-state index in [0.29, 0.717) is 6.54 Å². The Balaban J connectivity index is 2.22. The van der Waals surface area contributed by atoms with Gasteiger partial charge in [-0.15, -0.1) is 0 Å². The van der Waals surface area contributed by atoms with E-state index in [1.807, 2.05) is 19.2 Å². The Labute approximate surface area is 112 Å². The van der Waals surface area contributed by atoms with Crippen molar-refractivity contribution in [2.45, 2.75) is 31.0 Å². The minimum absolute atomic E-state index is 0.242. The van der Waals surface area contributed by atoms with Gasteiger partial charge in [-0.25, -0.2) is 9.97 Å². The summed E-state index contributed by atoms with van der Waals surface area (Å²) >= 11 is 1.54. The molecule has 1 aromatic heterocycles. The maximum atomic E-state index is 9.73. The van der Waals surface area contributed by atoms with Crippen molar-refractivity contribution in [3.63, 3.8) is 0 Å². The van der Waals surface area contributed by atoms with Crippen LogP contribution in [-0.4, -0.2) is 47.1 Å². The van der Waals surface area contributed by atoms with Gasteiger partial charge in [-0.3, -0.25) is 0 Å². The van der Waals surface area contributed by atoms with E-state index >= 15 is 0 Å². The van der Waals surface area contributed by atoms with E-state index in [-0.39, 0.29) is 6.10 Å². The van der Waals surface area contributed by atoms with E-state index in [0.717, 1.165) is 42.7 Å². The molecule has 1 aliphatic rings. The lowest BCUT2D eigenvalue weighted by molar-refractivity contribution is 0.154. The van der Waals surface area contributed by atoms with Gasteiger partial charge in [-0.1, -0.05) is 11.8 Å². The van der Waals surface area contributed by atoms with Gasteiger partial charge in [-0.2, -0.15) is 0 Å². The average molecular weight is 268 g/mol. The van der Waals surface area contributed by atoms with E-state index in [2.05, 4.69) is 20.2 Å². The number of aromatic nitrogens is 2. The summed E-state index contributed by atoms with van der Waals surface area (Å²) in [4.78, 5) is 11.1. The number of aliphatic hydroxyl groups excluding tert-OH is 1. The fourth-order valence-electron chi connectivity index (χ4n) is 2.10. The molecule has 1 aliphatic heterocycles. The molecule has 100 valence electrons. The Bertz CT molecular complexity index is 402. The maximum absolute atomic E-state index is 9.73. The monoisotopic (exact) mass is 268 g/mol. The molecule has 0 radical (unpaired) electrons. The molecular formula is C12H20N4OS. The molecule has 1 atom stereocenters. The van der Waals surface area contributed by atoms with Gasteiger partial charge in [0.1, 0.15) is 11.6 Å². The van der Waals surface area contributed by atoms with Crippen LogP contribution in [0.4, 0.5) is 11.6 Å². The maximum Gasteiger partial charge on any atom is 0.191 e. The van der Waals surface area contributed by atoms with Gasteiger partial charge in [0.05, 0.1) is 6.10 Å². The van der Waals surface area contributed by atoms with Crippen molar-refractivity contribution >= 4 is 23.4 Å². The molecule has 0 bridgehead atoms. The molecule has 1 aromatic rings. The summed E-state index contributed by atoms with van der Waals surface area (Å²) in [5.41, 5.74) is 0. The van der Waals surface area contributed by atoms with Crippen molar-refractivity contribution in [2.24, 2.45) is 0 Å². The van der Waals surface area contributed by atoms with Crippen LogP contribution in [0.3, 0.4) is 0 Å². The molecule has 0 spiro atoms. The van der Waals surface area contributed by atoms with Crippen LogP contribution in [0.15, 0.2) is 11.2 Å². The molecule has 0 saturated carbocycles. The standard InChI is InChI=1S/C12H20N4OS/c1-3-13-10-7-11(15-12(14-10)18-2)16-6-4-5-9(17)8-16/h7,9,17H,3-6,8H2,1-2H3,(H,13,14,15). The highest BCUT2D eigenvalue weighted by atomic mass is 32.2. The molecule has 0 aromatic carbocycles. The molecule has 2 heterocycles. The van der Waals surface area contributed by atoms with Crippen molar-refractivity contribution in [1.82, 2.24) is 9.97 Å². The lowest BCUT2D eigenvalue weighted by Gasteiger charge is -2.31. The van der Waals surface area contributed by atoms with Gasteiger partial charge in [0.2, 0.25) is 0 Å². The van der Waals surface area contributed by atoms with E-state index < -0.39 is 0 Å². The fraction of sp³-hybridized carbons (Fsp3) is 0.667. The van der Waals surface area contributed by atoms with Crippen LogP contribution in [0.25, 0.3) is 0 Å². The van der Waals surface area contributed by atoms with Crippen LogP contribution in [0.2, 0.25) is 0 Å². The molecule has 1 fully saturated rings. The van der Waals surface area contributed by atoms with Gasteiger partial charge in [-0.05, 0) is 26.0 Å². The van der Waals surface area contributed by atoms with E-state index in [1.54, 1.807) is 0 Å². The Morgan fingerprint density at radius 1 is 1.56 bits per heavy atom. The molecule has 1 saturated heterocycles. The van der Waals surface area contributed by atoms with Gasteiger partial charge in [0.25, 0.3) is 0 Å². The molecule has 5 nitrogen and oxygen atoms in total. The second-order valence-corrected chi connectivity index (χ2v) is 5.14. The summed E-state index contributed by atoms with van der Waals surface area (Å²) < 4.78 is 0. The topological polar surface area (TPSA) is 61.3 Å². The number of β-amino-alcohol motifs (C(OH)–C–C–N with tert-alkyl or cyclic N) is 1. The highest BCUT2D eigenvalue weighted by molar-refractivity contribution is 7.98. The summed E-state index contributed by atoms with van der Waals surface area (Å²) in [7, 11) is 0. The minimum Gasteiger partial charge on any atom is -0.391 e. The van der Waals surface area contributed by atoms with Gasteiger partial charge >= 0.3 is 0 Å². The zero-order valence-corrected chi connectivity index (χ0v) is 11.7. The van der Waals surface area contributed by atoms with Gasteiger partial charge < -0.3 is 15.3 Å². The van der Waals surface area contributed by atoms with Crippen LogP contribution < -0.4 is 10.2 Å². The SMILES string of the molecule is CCNc1cc(N2CCCC(O)C2)nc(SC)n1. The smallest absolute Gasteiger partial charge is 0.191 e. The largest absolute Gasteiger partial charge is 0.391 e. The lowest BCUT2D eigenvalue weighted by Crippen LogP contribution is -2.38. The third-order valence-corrected chi connectivity index (χ3v) is 3.50. The molecule has 1 unspecified atom stereocenters. The number of nitrogens with zero attached hydrogens (tertiary/aromatic N) is 3. The van der Waals surface area contributed by atoms with Crippen molar-refractivity contribution in [2.75, 3.05) is 36.1 Å². The summed E-state index contributed by atoms with van der Waals surface area (Å²) in [6.45, 7) is 4.50. The summed E-state index contributed by atoms with van der Waals surface area (Å²) in [6, 6.07) is 1.96. The third kappa shape index (κ3) is 3.26. The molecular weight excluding hydrogens is 248 g/mol. The summed E-state index contributed by atoms with van der Waals surface area (Å²) in [6.07, 6.45) is 3.63. The Hall–Kier alpha value is -1.01. The predicted molar refractivity (Wildman–Crippen MR) is 75.4 cm³/mol. The Morgan fingerprint density at radius 3 is 3.06 bits per heavy atom.